The van der Waals surface area contributed by atoms with Gasteiger partial charge in [-0.2, -0.15) is 0 Å². The molecule has 0 aliphatic heterocycles. The highest BCUT2D eigenvalue weighted by molar-refractivity contribution is 9.10. The highest BCUT2D eigenvalue weighted by Gasteiger charge is 2.10. The minimum atomic E-state index is 0.527. The molecule has 0 aromatic heterocycles. The first kappa shape index (κ1) is 10.9. The summed E-state index contributed by atoms with van der Waals surface area (Å²) >= 11 is 3.38. The summed E-state index contributed by atoms with van der Waals surface area (Å²) in [7, 11) is 3.20. The molecular weight excluding hydrogens is 244 g/mol. The van der Waals surface area contributed by atoms with Crippen molar-refractivity contribution in [2.75, 3.05) is 14.2 Å². The summed E-state index contributed by atoms with van der Waals surface area (Å²) in [4.78, 5) is 0. The largest absolute Gasteiger partial charge is 0.493 e. The molecule has 0 fully saturated rings. The molecule has 0 heterocycles. The monoisotopic (exact) mass is 254 g/mol. The fourth-order valence-electron chi connectivity index (χ4n) is 1.25. The molecule has 0 N–H and O–H groups in total. The van der Waals surface area contributed by atoms with Crippen molar-refractivity contribution in [2.45, 2.75) is 6.42 Å². The van der Waals surface area contributed by atoms with E-state index in [1.807, 2.05) is 12.1 Å². The van der Waals surface area contributed by atoms with Crippen LogP contribution in [0.25, 0.3) is 0 Å². The summed E-state index contributed by atoms with van der Waals surface area (Å²) in [6.07, 6.45) is 5.79. The molecule has 0 spiro atoms. The molecule has 3 heteroatoms. The van der Waals surface area contributed by atoms with Gasteiger partial charge in [0.05, 0.1) is 14.2 Å². The molecule has 1 rings (SSSR count). The molecule has 0 unspecified atom stereocenters. The molecule has 74 valence electrons. The van der Waals surface area contributed by atoms with Crippen LogP contribution in [-0.2, 0) is 6.42 Å². The van der Waals surface area contributed by atoms with Crippen LogP contribution < -0.4 is 9.47 Å². The van der Waals surface area contributed by atoms with Crippen molar-refractivity contribution in [3.05, 3.63) is 22.2 Å². The standard InChI is InChI=1S/C11H11BrO2/c1-4-5-8-6-9(12)7-10(13-2)11(8)14-3/h1,6-7H,5H2,2-3H3. The highest BCUT2D eigenvalue weighted by Crippen LogP contribution is 2.34. The number of halogens is 1. The second-order valence-corrected chi connectivity index (χ2v) is 3.60. The molecule has 0 radical (unpaired) electrons. The highest BCUT2D eigenvalue weighted by atomic mass is 79.9. The van der Waals surface area contributed by atoms with Crippen molar-refractivity contribution in [3.63, 3.8) is 0 Å². The normalized spacial score (nSPS) is 9.29. The fourth-order valence-corrected chi connectivity index (χ4v) is 1.73. The predicted molar refractivity (Wildman–Crippen MR) is 59.8 cm³/mol. The zero-order chi connectivity index (χ0) is 10.6. The van der Waals surface area contributed by atoms with Gasteiger partial charge < -0.3 is 9.47 Å². The maximum atomic E-state index is 5.26. The summed E-state index contributed by atoms with van der Waals surface area (Å²) in [5.74, 6) is 3.97. The van der Waals surface area contributed by atoms with E-state index in [9.17, 15) is 0 Å². The Morgan fingerprint density at radius 2 is 2.07 bits per heavy atom. The maximum Gasteiger partial charge on any atom is 0.164 e. The van der Waals surface area contributed by atoms with Crippen LogP contribution in [0, 0.1) is 12.3 Å². The van der Waals surface area contributed by atoms with Crippen LogP contribution in [-0.4, -0.2) is 14.2 Å². The quantitative estimate of drug-likeness (QED) is 0.773. The molecule has 0 bridgehead atoms. The van der Waals surface area contributed by atoms with Crippen molar-refractivity contribution >= 4 is 15.9 Å². The lowest BCUT2D eigenvalue weighted by atomic mass is 10.1. The minimum absolute atomic E-state index is 0.527. The van der Waals surface area contributed by atoms with Crippen molar-refractivity contribution < 1.29 is 9.47 Å². The molecule has 0 saturated carbocycles. The van der Waals surface area contributed by atoms with Gasteiger partial charge in [-0.25, -0.2) is 0 Å². The summed E-state index contributed by atoms with van der Waals surface area (Å²) in [5, 5.41) is 0. The molecular formula is C11H11BrO2. The van der Waals surface area contributed by atoms with E-state index in [-0.39, 0.29) is 0 Å². The lowest BCUT2D eigenvalue weighted by Crippen LogP contribution is -1.95. The van der Waals surface area contributed by atoms with Gasteiger partial charge in [-0.3, -0.25) is 0 Å². The number of hydrogen-bond acceptors (Lipinski definition) is 2. The third kappa shape index (κ3) is 2.21. The van der Waals surface area contributed by atoms with Gasteiger partial charge in [-0.15, -0.1) is 12.3 Å². The third-order valence-corrected chi connectivity index (χ3v) is 2.27. The lowest BCUT2D eigenvalue weighted by Gasteiger charge is -2.11. The van der Waals surface area contributed by atoms with Crippen LogP contribution in [0.3, 0.4) is 0 Å². The van der Waals surface area contributed by atoms with E-state index in [0.29, 0.717) is 17.9 Å². The average molecular weight is 255 g/mol. The smallest absolute Gasteiger partial charge is 0.164 e. The third-order valence-electron chi connectivity index (χ3n) is 1.81. The van der Waals surface area contributed by atoms with Gasteiger partial charge in [-0.1, -0.05) is 15.9 Å². The Morgan fingerprint density at radius 1 is 1.36 bits per heavy atom. The summed E-state index contributed by atoms with van der Waals surface area (Å²) < 4.78 is 11.3. The zero-order valence-corrected chi connectivity index (χ0v) is 9.72. The first-order valence-electron chi connectivity index (χ1n) is 4.06. The molecule has 0 atom stereocenters. The number of ether oxygens (including phenoxy) is 2. The van der Waals surface area contributed by atoms with Crippen LogP contribution in [0.2, 0.25) is 0 Å². The van der Waals surface area contributed by atoms with Crippen LogP contribution in [0.5, 0.6) is 11.5 Å². The Morgan fingerprint density at radius 3 is 2.57 bits per heavy atom. The summed E-state index contributed by atoms with van der Waals surface area (Å²) in [6.45, 7) is 0. The van der Waals surface area contributed by atoms with E-state index in [4.69, 9.17) is 15.9 Å². The second-order valence-electron chi connectivity index (χ2n) is 2.68. The minimum Gasteiger partial charge on any atom is -0.493 e. The van der Waals surface area contributed by atoms with Crippen LogP contribution >= 0.6 is 15.9 Å². The number of terminal acetylenes is 1. The Kier molecular flexibility index (Phi) is 3.84. The van der Waals surface area contributed by atoms with Gasteiger partial charge in [0.15, 0.2) is 11.5 Å². The SMILES string of the molecule is C#CCc1cc(Br)cc(OC)c1OC. The van der Waals surface area contributed by atoms with E-state index in [0.717, 1.165) is 10.0 Å². The Balaban J connectivity index is 3.25. The Bertz CT molecular complexity index is 366. The van der Waals surface area contributed by atoms with Crippen molar-refractivity contribution in [2.24, 2.45) is 0 Å². The number of hydrogen-bond donors (Lipinski definition) is 0. The Hall–Kier alpha value is -1.14. The topological polar surface area (TPSA) is 18.5 Å². The van der Waals surface area contributed by atoms with Gasteiger partial charge in [-0.05, 0) is 12.1 Å². The van der Waals surface area contributed by atoms with Gasteiger partial charge in [0.1, 0.15) is 0 Å². The van der Waals surface area contributed by atoms with Crippen LogP contribution in [0.1, 0.15) is 5.56 Å². The van der Waals surface area contributed by atoms with Crippen molar-refractivity contribution in [3.8, 4) is 23.8 Å². The molecule has 0 aliphatic carbocycles. The fraction of sp³-hybridized carbons (Fsp3) is 0.273. The van der Waals surface area contributed by atoms with E-state index in [1.165, 1.54) is 0 Å². The molecule has 14 heavy (non-hydrogen) atoms. The second kappa shape index (κ2) is 4.92. The van der Waals surface area contributed by atoms with E-state index in [2.05, 4.69) is 21.9 Å². The average Bonchev–Trinajstić information content (AvgIpc) is 2.17. The van der Waals surface area contributed by atoms with Crippen LogP contribution in [0.15, 0.2) is 16.6 Å². The van der Waals surface area contributed by atoms with Gasteiger partial charge in [0, 0.05) is 16.5 Å². The number of benzene rings is 1. The number of methoxy groups -OCH3 is 2. The molecule has 0 saturated heterocycles. The van der Waals surface area contributed by atoms with Gasteiger partial charge in [0.25, 0.3) is 0 Å². The van der Waals surface area contributed by atoms with Gasteiger partial charge >= 0.3 is 0 Å². The van der Waals surface area contributed by atoms with Gasteiger partial charge in [0.2, 0.25) is 0 Å². The molecule has 0 amide bonds. The molecule has 1 aromatic rings. The number of rotatable bonds is 3. The van der Waals surface area contributed by atoms with E-state index >= 15 is 0 Å². The van der Waals surface area contributed by atoms with Crippen molar-refractivity contribution in [1.82, 2.24) is 0 Å². The van der Waals surface area contributed by atoms with E-state index < -0.39 is 0 Å². The molecule has 1 aromatic carbocycles. The molecule has 2 nitrogen and oxygen atoms in total. The summed E-state index contributed by atoms with van der Waals surface area (Å²) in [6, 6.07) is 3.78. The summed E-state index contributed by atoms with van der Waals surface area (Å²) in [5.41, 5.74) is 0.946. The van der Waals surface area contributed by atoms with Crippen molar-refractivity contribution in [1.29, 1.82) is 0 Å². The molecule has 0 aliphatic rings. The van der Waals surface area contributed by atoms with Crippen LogP contribution in [0.4, 0.5) is 0 Å². The first-order valence-corrected chi connectivity index (χ1v) is 4.86. The first-order chi connectivity index (χ1) is 6.72. The maximum absolute atomic E-state index is 5.26. The lowest BCUT2D eigenvalue weighted by molar-refractivity contribution is 0.352. The van der Waals surface area contributed by atoms with E-state index in [1.54, 1.807) is 14.2 Å². The zero-order valence-electron chi connectivity index (χ0n) is 8.13. The Labute approximate surface area is 92.3 Å². The predicted octanol–water partition coefficient (Wildman–Crippen LogP) is 2.64.